The Morgan fingerprint density at radius 3 is 2.69 bits per heavy atom. The Balaban J connectivity index is 1.84. The van der Waals surface area contributed by atoms with Crippen molar-refractivity contribution >= 4 is 28.6 Å². The van der Waals surface area contributed by atoms with Crippen LogP contribution in [0.4, 0.5) is 5.69 Å². The minimum Gasteiger partial charge on any atom is -0.382 e. The first-order valence-corrected chi connectivity index (χ1v) is 8.66. The molecule has 0 saturated carbocycles. The maximum absolute atomic E-state index is 8.89. The fourth-order valence-electron chi connectivity index (χ4n) is 2.25. The van der Waals surface area contributed by atoms with Gasteiger partial charge in [0, 0.05) is 16.5 Å². The number of amidine groups is 1. The Bertz CT molecular complexity index is 1010. The third-order valence-corrected chi connectivity index (χ3v) is 4.51. The zero-order chi connectivity index (χ0) is 18.5. The van der Waals surface area contributed by atoms with Gasteiger partial charge < -0.3 is 5.73 Å². The summed E-state index contributed by atoms with van der Waals surface area (Å²) < 4.78 is 0. The van der Waals surface area contributed by atoms with Gasteiger partial charge in [-0.2, -0.15) is 10.4 Å². The first-order valence-electron chi connectivity index (χ1n) is 7.78. The lowest BCUT2D eigenvalue weighted by Crippen LogP contribution is -2.21. The van der Waals surface area contributed by atoms with E-state index in [1.807, 2.05) is 29.6 Å². The monoisotopic (exact) mass is 360 g/mol. The fourth-order valence-corrected chi connectivity index (χ4v) is 3.08. The van der Waals surface area contributed by atoms with Gasteiger partial charge in [0.2, 0.25) is 5.71 Å². The van der Waals surface area contributed by atoms with Crippen LogP contribution in [0.3, 0.4) is 0 Å². The van der Waals surface area contributed by atoms with Crippen molar-refractivity contribution in [2.75, 3.05) is 5.43 Å². The SMILES string of the molecule is Cc1ccc(-c2csc(-c3cccc(N/N=C(\C#N)C(=N)N)c3)n2)cc1. The van der Waals surface area contributed by atoms with Gasteiger partial charge in [0.15, 0.2) is 5.84 Å². The second-order valence-electron chi connectivity index (χ2n) is 5.58. The number of nitrogens with two attached hydrogens (primary N) is 1. The average Bonchev–Trinajstić information content (AvgIpc) is 3.13. The van der Waals surface area contributed by atoms with E-state index < -0.39 is 0 Å². The van der Waals surface area contributed by atoms with E-state index in [2.05, 4.69) is 41.7 Å². The standard InChI is InChI=1S/C19H16N6S/c1-12-5-7-13(8-6-12)17-11-26-19(23-17)14-3-2-4-15(9-14)24-25-16(10-20)18(21)22/h2-9,11,24H,1H3,(H3,21,22)/b25-16+. The summed E-state index contributed by atoms with van der Waals surface area (Å²) in [6.07, 6.45) is 0. The first kappa shape index (κ1) is 17.3. The summed E-state index contributed by atoms with van der Waals surface area (Å²) in [4.78, 5) is 4.71. The largest absolute Gasteiger partial charge is 0.382 e. The highest BCUT2D eigenvalue weighted by atomic mass is 32.1. The molecule has 2 aromatic carbocycles. The zero-order valence-corrected chi connectivity index (χ0v) is 14.8. The topological polar surface area (TPSA) is 111 Å². The fraction of sp³-hybridized carbons (Fsp3) is 0.0526. The number of aryl methyl sites for hydroxylation is 1. The van der Waals surface area contributed by atoms with Crippen molar-refractivity contribution in [3.8, 4) is 27.9 Å². The molecule has 26 heavy (non-hydrogen) atoms. The Kier molecular flexibility index (Phi) is 5.06. The second kappa shape index (κ2) is 7.59. The molecule has 3 rings (SSSR count). The Morgan fingerprint density at radius 1 is 1.23 bits per heavy atom. The number of hydrazone groups is 1. The number of anilines is 1. The average molecular weight is 360 g/mol. The summed E-state index contributed by atoms with van der Waals surface area (Å²) in [6, 6.07) is 17.6. The van der Waals surface area contributed by atoms with Crippen molar-refractivity contribution in [1.29, 1.82) is 10.7 Å². The summed E-state index contributed by atoms with van der Waals surface area (Å²) in [7, 11) is 0. The third-order valence-electron chi connectivity index (χ3n) is 3.62. The lowest BCUT2D eigenvalue weighted by Gasteiger charge is -2.03. The molecule has 0 amide bonds. The molecule has 1 aromatic heterocycles. The van der Waals surface area contributed by atoms with Gasteiger partial charge >= 0.3 is 0 Å². The number of aromatic nitrogens is 1. The van der Waals surface area contributed by atoms with Gasteiger partial charge in [-0.25, -0.2) is 4.98 Å². The number of hydrogen-bond acceptors (Lipinski definition) is 6. The highest BCUT2D eigenvalue weighted by Crippen LogP contribution is 2.30. The molecule has 7 heteroatoms. The van der Waals surface area contributed by atoms with Crippen LogP contribution in [0.1, 0.15) is 5.56 Å². The van der Waals surface area contributed by atoms with E-state index >= 15 is 0 Å². The van der Waals surface area contributed by atoms with Gasteiger partial charge in [0.25, 0.3) is 0 Å². The van der Waals surface area contributed by atoms with Gasteiger partial charge in [-0.1, -0.05) is 42.0 Å². The van der Waals surface area contributed by atoms with Crippen LogP contribution in [0.5, 0.6) is 0 Å². The van der Waals surface area contributed by atoms with Gasteiger partial charge in [-0.05, 0) is 19.1 Å². The van der Waals surface area contributed by atoms with E-state index in [1.165, 1.54) is 5.56 Å². The molecule has 0 fully saturated rings. The van der Waals surface area contributed by atoms with Crippen molar-refractivity contribution in [3.63, 3.8) is 0 Å². The molecule has 0 atom stereocenters. The molecular weight excluding hydrogens is 344 g/mol. The lowest BCUT2D eigenvalue weighted by atomic mass is 10.1. The predicted molar refractivity (Wildman–Crippen MR) is 106 cm³/mol. The third kappa shape index (κ3) is 3.94. The van der Waals surface area contributed by atoms with Crippen molar-refractivity contribution in [3.05, 3.63) is 59.5 Å². The number of hydrogen-bond donors (Lipinski definition) is 3. The van der Waals surface area contributed by atoms with E-state index in [0.29, 0.717) is 5.69 Å². The predicted octanol–water partition coefficient (Wildman–Crippen LogP) is 4.01. The molecule has 0 unspecified atom stereocenters. The molecule has 0 bridgehead atoms. The number of nitrogens with one attached hydrogen (secondary N) is 2. The van der Waals surface area contributed by atoms with Crippen LogP contribution in [0, 0.1) is 23.7 Å². The molecule has 4 N–H and O–H groups in total. The first-order chi connectivity index (χ1) is 12.6. The summed E-state index contributed by atoms with van der Waals surface area (Å²) in [5, 5.41) is 22.9. The highest BCUT2D eigenvalue weighted by molar-refractivity contribution is 7.13. The molecule has 0 aliphatic rings. The van der Waals surface area contributed by atoms with E-state index in [1.54, 1.807) is 17.4 Å². The smallest absolute Gasteiger partial charge is 0.201 e. The molecule has 0 spiro atoms. The maximum Gasteiger partial charge on any atom is 0.201 e. The van der Waals surface area contributed by atoms with Crippen molar-refractivity contribution < 1.29 is 0 Å². The second-order valence-corrected chi connectivity index (χ2v) is 6.44. The molecule has 3 aromatic rings. The summed E-state index contributed by atoms with van der Waals surface area (Å²) in [6.45, 7) is 2.06. The minimum absolute atomic E-state index is 0.161. The molecule has 0 aliphatic carbocycles. The molecular formula is C19H16N6S. The van der Waals surface area contributed by atoms with E-state index in [4.69, 9.17) is 21.4 Å². The Morgan fingerprint density at radius 2 is 2.00 bits per heavy atom. The van der Waals surface area contributed by atoms with Crippen LogP contribution in [-0.2, 0) is 0 Å². The number of nitriles is 1. The molecule has 0 radical (unpaired) electrons. The molecule has 0 saturated heterocycles. The van der Waals surface area contributed by atoms with Crippen LogP contribution in [0.25, 0.3) is 21.8 Å². The maximum atomic E-state index is 8.89. The van der Waals surface area contributed by atoms with Crippen molar-refractivity contribution in [2.24, 2.45) is 10.8 Å². The lowest BCUT2D eigenvalue weighted by molar-refractivity contribution is 1.33. The van der Waals surface area contributed by atoms with E-state index in [-0.39, 0.29) is 11.5 Å². The summed E-state index contributed by atoms with van der Waals surface area (Å²) in [5.74, 6) is -0.376. The molecule has 1 heterocycles. The van der Waals surface area contributed by atoms with Crippen molar-refractivity contribution in [1.82, 2.24) is 4.98 Å². The van der Waals surface area contributed by atoms with Gasteiger partial charge in [-0.15, -0.1) is 11.3 Å². The Hall–Kier alpha value is -3.50. The normalized spacial score (nSPS) is 11.0. The number of rotatable bonds is 5. The van der Waals surface area contributed by atoms with Gasteiger partial charge in [0.1, 0.15) is 11.1 Å². The quantitative estimate of drug-likeness (QED) is 0.362. The molecule has 6 nitrogen and oxygen atoms in total. The van der Waals surface area contributed by atoms with Gasteiger partial charge in [-0.3, -0.25) is 10.8 Å². The number of benzene rings is 2. The van der Waals surface area contributed by atoms with Crippen molar-refractivity contribution in [2.45, 2.75) is 6.92 Å². The number of nitrogens with zero attached hydrogens (tertiary/aromatic N) is 3. The Labute approximate surface area is 155 Å². The number of thiazole rings is 1. The highest BCUT2D eigenvalue weighted by Gasteiger charge is 2.08. The summed E-state index contributed by atoms with van der Waals surface area (Å²) in [5.41, 5.74) is 12.7. The van der Waals surface area contributed by atoms with Crippen LogP contribution in [-0.4, -0.2) is 16.5 Å². The van der Waals surface area contributed by atoms with E-state index in [9.17, 15) is 0 Å². The van der Waals surface area contributed by atoms with Crippen LogP contribution in [0.15, 0.2) is 59.0 Å². The van der Waals surface area contributed by atoms with Gasteiger partial charge in [0.05, 0.1) is 11.4 Å². The molecule has 128 valence electrons. The summed E-state index contributed by atoms with van der Waals surface area (Å²) >= 11 is 1.56. The van der Waals surface area contributed by atoms with E-state index in [0.717, 1.165) is 21.8 Å². The van der Waals surface area contributed by atoms with Crippen LogP contribution in [0.2, 0.25) is 0 Å². The van der Waals surface area contributed by atoms with Crippen LogP contribution >= 0.6 is 11.3 Å². The molecule has 0 aliphatic heterocycles. The zero-order valence-electron chi connectivity index (χ0n) is 14.0. The van der Waals surface area contributed by atoms with Crippen LogP contribution < -0.4 is 11.2 Å². The minimum atomic E-state index is -0.376.